The summed E-state index contributed by atoms with van der Waals surface area (Å²) in [5, 5.41) is 5.39. The third kappa shape index (κ3) is 5.22. The molecule has 0 saturated carbocycles. The summed E-state index contributed by atoms with van der Waals surface area (Å²) in [5.41, 5.74) is 10.0. The van der Waals surface area contributed by atoms with Crippen LogP contribution in [-0.4, -0.2) is 0 Å². The van der Waals surface area contributed by atoms with Gasteiger partial charge < -0.3 is 24.8 Å². The van der Waals surface area contributed by atoms with Gasteiger partial charge in [0.25, 0.3) is 0 Å². The fourth-order valence-corrected chi connectivity index (χ4v) is 5.25. The summed E-state index contributed by atoms with van der Waals surface area (Å²) in [7, 11) is 0. The first kappa shape index (κ1) is 30.2. The van der Waals surface area contributed by atoms with Gasteiger partial charge in [-0.3, -0.25) is 0 Å². The molecule has 0 heterocycles. The first-order valence-electron chi connectivity index (χ1n) is 11.2. The first-order chi connectivity index (χ1) is 13.9. The predicted molar refractivity (Wildman–Crippen MR) is 131 cm³/mol. The number of halogens is 2. The van der Waals surface area contributed by atoms with Crippen molar-refractivity contribution in [2.45, 2.75) is 79.6 Å². The molecule has 0 bridgehead atoms. The number of hydrogen-bond acceptors (Lipinski definition) is 0. The molecule has 0 fully saturated rings. The van der Waals surface area contributed by atoms with Crippen LogP contribution < -0.4 is 35.3 Å². The largest absolute Gasteiger partial charge is 3.00 e. The van der Waals surface area contributed by atoms with Crippen molar-refractivity contribution in [1.29, 1.82) is 0 Å². The molecule has 0 amide bonds. The second kappa shape index (κ2) is 10.4. The van der Waals surface area contributed by atoms with Gasteiger partial charge in [0, 0.05) is 0 Å². The number of hydrogen-bond donors (Lipinski definition) is 0. The Kier molecular flexibility index (Phi) is 9.50. The molecule has 33 heavy (non-hydrogen) atoms. The van der Waals surface area contributed by atoms with E-state index >= 15 is 0 Å². The Labute approximate surface area is 231 Å². The predicted octanol–water partition coefficient (Wildman–Crippen LogP) is 0.436. The molecule has 173 valence electrons. The van der Waals surface area contributed by atoms with E-state index in [0.29, 0.717) is 0 Å². The Bertz CT molecular complexity index is 1340. The summed E-state index contributed by atoms with van der Waals surface area (Å²) in [6, 6.07) is 7.01. The smallest absolute Gasteiger partial charge is 1.00 e. The van der Waals surface area contributed by atoms with Crippen molar-refractivity contribution in [2.75, 3.05) is 0 Å². The van der Waals surface area contributed by atoms with E-state index in [1.807, 2.05) is 0 Å². The second-order valence-electron chi connectivity index (χ2n) is 11.2. The van der Waals surface area contributed by atoms with Gasteiger partial charge in [-0.2, -0.15) is 0 Å². The zero-order valence-electron chi connectivity index (χ0n) is 21.4. The molecular weight excluding hydrogens is 522 g/mol. The number of allylic oxidation sites excluding steroid dienone is 4. The first-order valence-corrected chi connectivity index (χ1v) is 11.2. The molecular formula is C30H35Cl2Zr. The molecule has 0 nitrogen and oxygen atoms in total. The van der Waals surface area contributed by atoms with Gasteiger partial charge in [0.2, 0.25) is 0 Å². The maximum atomic E-state index is 3.89. The van der Waals surface area contributed by atoms with E-state index < -0.39 is 0 Å². The molecule has 2 aliphatic rings. The van der Waals surface area contributed by atoms with Gasteiger partial charge in [-0.25, -0.2) is 0 Å². The Hall–Kier alpha value is -0.877. The van der Waals surface area contributed by atoms with Crippen LogP contribution in [-0.2, 0) is 37.0 Å². The summed E-state index contributed by atoms with van der Waals surface area (Å²) in [6.07, 6.45) is 11.7. The second-order valence-corrected chi connectivity index (χ2v) is 11.2. The van der Waals surface area contributed by atoms with Crippen molar-refractivity contribution in [3.05, 3.63) is 85.1 Å². The minimum absolute atomic E-state index is 0. The molecule has 2 aromatic rings. The molecule has 2 aromatic carbocycles. The van der Waals surface area contributed by atoms with Crippen molar-refractivity contribution < 1.29 is 51.0 Å². The van der Waals surface area contributed by atoms with Crippen LogP contribution in [0.2, 0.25) is 0 Å². The average Bonchev–Trinajstić information content (AvgIpc) is 3.25. The van der Waals surface area contributed by atoms with Crippen LogP contribution >= 0.6 is 0 Å². The van der Waals surface area contributed by atoms with E-state index in [9.17, 15) is 0 Å². The van der Waals surface area contributed by atoms with Gasteiger partial charge in [-0.15, -0.1) is 33.4 Å². The number of fused-ring (bicyclic) bond motifs is 2. The van der Waals surface area contributed by atoms with Crippen molar-refractivity contribution >= 4 is 17.2 Å². The van der Waals surface area contributed by atoms with Crippen LogP contribution in [0.25, 0.3) is 17.2 Å². The molecule has 0 N–H and O–H groups in total. The molecule has 3 heteroatoms. The zero-order chi connectivity index (χ0) is 22.0. The van der Waals surface area contributed by atoms with Crippen molar-refractivity contribution in [1.82, 2.24) is 0 Å². The van der Waals surface area contributed by atoms with Crippen LogP contribution in [0.5, 0.6) is 0 Å². The van der Waals surface area contributed by atoms with E-state index in [-0.39, 0.29) is 61.8 Å². The molecule has 1 radical (unpaired) electrons. The zero-order valence-corrected chi connectivity index (χ0v) is 25.4. The quantitative estimate of drug-likeness (QED) is 0.381. The third-order valence-electron chi connectivity index (χ3n) is 6.51. The molecule has 0 aromatic heterocycles. The van der Waals surface area contributed by atoms with Crippen molar-refractivity contribution in [2.24, 2.45) is 0 Å². The van der Waals surface area contributed by atoms with Crippen LogP contribution in [0.15, 0.2) is 36.4 Å². The number of rotatable bonds is 1. The standard InChI is InChI=1S/C30H35.2ClH.Zr/c1-18(2)25-19(3)28(30(7,8)9)26(20-12-10-11-13-20)24-17-21-16-22(29(4,5)6)14-15-23(21)27(24)25;;;/h10-12,14-16H,13H2,1-9H3;2*1H;/q-1;;;+3/p-2. The van der Waals surface area contributed by atoms with E-state index in [1.54, 1.807) is 0 Å². The van der Waals surface area contributed by atoms with Gasteiger partial charge in [-0.05, 0) is 38.0 Å². The molecule has 4 rings (SSSR count). The Morgan fingerprint density at radius 3 is 2.06 bits per heavy atom. The third-order valence-corrected chi connectivity index (χ3v) is 6.51. The summed E-state index contributed by atoms with van der Waals surface area (Å²) < 4.78 is 0. The van der Waals surface area contributed by atoms with Crippen molar-refractivity contribution in [3.63, 3.8) is 0 Å². The van der Waals surface area contributed by atoms with Crippen LogP contribution in [0.4, 0.5) is 0 Å². The topological polar surface area (TPSA) is 0 Å². The normalized spacial score (nSPS) is 13.7. The fourth-order valence-electron chi connectivity index (χ4n) is 5.25. The monoisotopic (exact) mass is 555 g/mol. The van der Waals surface area contributed by atoms with Gasteiger partial charge in [-0.1, -0.05) is 111 Å². The minimum atomic E-state index is 0. The van der Waals surface area contributed by atoms with E-state index in [1.165, 1.54) is 59.8 Å². The molecule has 0 saturated heterocycles. The Morgan fingerprint density at radius 2 is 1.58 bits per heavy atom. The Morgan fingerprint density at radius 1 is 0.939 bits per heavy atom. The van der Waals surface area contributed by atoms with Crippen LogP contribution in [0.3, 0.4) is 0 Å². The molecule has 0 spiro atoms. The summed E-state index contributed by atoms with van der Waals surface area (Å²) in [5.74, 6) is 0. The summed E-state index contributed by atoms with van der Waals surface area (Å²) in [6.45, 7) is 20.8. The van der Waals surface area contributed by atoms with Crippen LogP contribution in [0, 0.1) is 17.4 Å². The maximum Gasteiger partial charge on any atom is 3.00 e. The molecule has 0 aliphatic heterocycles. The van der Waals surface area contributed by atoms with Gasteiger partial charge in [0.15, 0.2) is 0 Å². The molecule has 0 unspecified atom stereocenters. The summed E-state index contributed by atoms with van der Waals surface area (Å²) in [4.78, 5) is 0. The Balaban J connectivity index is 0.00000181. The molecule has 0 atom stereocenters. The fraction of sp³-hybridized carbons (Fsp3) is 0.400. The van der Waals surface area contributed by atoms with Crippen molar-refractivity contribution in [3.8, 4) is 0 Å². The van der Waals surface area contributed by atoms with E-state index in [4.69, 9.17) is 0 Å². The SMILES string of the molecule is CC(C)=c1c(C)c(C(C)(C)C)c(C2=CC=CC2)c2c1=c1ccc(C(C)(C)C)cc1=[C-]2.[Cl-].[Cl-].[Zr+3]. The maximum absolute atomic E-state index is 3.89. The van der Waals surface area contributed by atoms with E-state index in [0.717, 1.165) is 6.42 Å². The average molecular weight is 558 g/mol. The van der Waals surface area contributed by atoms with E-state index in [2.05, 4.69) is 105 Å². The van der Waals surface area contributed by atoms with Gasteiger partial charge in [0.05, 0.1) is 0 Å². The minimum Gasteiger partial charge on any atom is -1.00 e. The molecule has 2 aliphatic carbocycles. The number of benzene rings is 2. The van der Waals surface area contributed by atoms with Gasteiger partial charge >= 0.3 is 26.2 Å². The summed E-state index contributed by atoms with van der Waals surface area (Å²) >= 11 is 0. The van der Waals surface area contributed by atoms with Crippen LogP contribution in [0.1, 0.15) is 89.6 Å². The van der Waals surface area contributed by atoms with Gasteiger partial charge in [0.1, 0.15) is 0 Å².